The van der Waals surface area contributed by atoms with Crippen LogP contribution in [0.3, 0.4) is 0 Å². The largest absolute Gasteiger partial charge is 0.497 e. The summed E-state index contributed by atoms with van der Waals surface area (Å²) in [4.78, 5) is 16.6. The van der Waals surface area contributed by atoms with Crippen LogP contribution < -0.4 is 20.1 Å². The number of nitrogens with two attached hydrogens (primary N) is 1. The number of fused-ring (bicyclic) bond motifs is 2. The molecule has 5 rings (SSSR count). The van der Waals surface area contributed by atoms with E-state index in [1.54, 1.807) is 32.4 Å². The van der Waals surface area contributed by atoms with Crippen molar-refractivity contribution in [3.63, 3.8) is 0 Å². The Balaban J connectivity index is 1.71. The van der Waals surface area contributed by atoms with Gasteiger partial charge in [-0.15, -0.1) is 0 Å². The molecule has 4 aliphatic heterocycles. The van der Waals surface area contributed by atoms with Crippen LogP contribution in [-0.4, -0.2) is 50.4 Å². The number of ether oxygens (including phenoxy) is 3. The second kappa shape index (κ2) is 5.84. The van der Waals surface area contributed by atoms with Gasteiger partial charge in [0, 0.05) is 24.6 Å². The standard InChI is InChI=1S/C18H23N3O4/c1-23-13-3-4-14(15(9-13)24-2)21-16(19)10-18(25-17(21)22)11-20-7-5-12(18)6-8-20/h3-4,9-10,12H,5-8,11,19H2,1-2H3. The van der Waals surface area contributed by atoms with Crippen LogP contribution in [-0.2, 0) is 4.74 Å². The molecule has 4 heterocycles. The molecule has 0 aliphatic carbocycles. The Morgan fingerprint density at radius 2 is 2.00 bits per heavy atom. The molecule has 1 aromatic rings. The van der Waals surface area contributed by atoms with Crippen LogP contribution in [0.2, 0.25) is 0 Å². The molecule has 0 radical (unpaired) electrons. The van der Waals surface area contributed by atoms with Gasteiger partial charge in [0.15, 0.2) is 5.60 Å². The van der Waals surface area contributed by atoms with E-state index in [9.17, 15) is 4.79 Å². The van der Waals surface area contributed by atoms with E-state index in [1.807, 2.05) is 6.08 Å². The molecule has 0 saturated carbocycles. The molecule has 1 amide bonds. The maximum atomic E-state index is 12.9. The van der Waals surface area contributed by atoms with E-state index in [0.717, 1.165) is 32.5 Å². The fourth-order valence-electron chi connectivity index (χ4n) is 4.20. The molecular weight excluding hydrogens is 322 g/mol. The van der Waals surface area contributed by atoms with E-state index in [-0.39, 0.29) is 0 Å². The third kappa shape index (κ3) is 2.50. The lowest BCUT2D eigenvalue weighted by atomic mass is 9.74. The molecule has 0 aromatic heterocycles. The summed E-state index contributed by atoms with van der Waals surface area (Å²) in [5.41, 5.74) is 6.25. The van der Waals surface area contributed by atoms with E-state index in [4.69, 9.17) is 19.9 Å². The zero-order valence-corrected chi connectivity index (χ0v) is 14.5. The number of hydrogen-bond acceptors (Lipinski definition) is 6. The van der Waals surface area contributed by atoms with E-state index in [1.165, 1.54) is 4.90 Å². The molecule has 2 bridgehead atoms. The van der Waals surface area contributed by atoms with Gasteiger partial charge < -0.3 is 19.9 Å². The van der Waals surface area contributed by atoms with Crippen LogP contribution >= 0.6 is 0 Å². The molecule has 25 heavy (non-hydrogen) atoms. The number of piperidine rings is 3. The summed E-state index contributed by atoms with van der Waals surface area (Å²) in [5, 5.41) is 0. The van der Waals surface area contributed by atoms with Crippen molar-refractivity contribution >= 4 is 11.8 Å². The van der Waals surface area contributed by atoms with Crippen molar-refractivity contribution in [2.45, 2.75) is 18.4 Å². The van der Waals surface area contributed by atoms with Crippen molar-refractivity contribution < 1.29 is 19.0 Å². The third-order valence-electron chi connectivity index (χ3n) is 5.49. The van der Waals surface area contributed by atoms with E-state index < -0.39 is 11.7 Å². The van der Waals surface area contributed by atoms with Gasteiger partial charge in [-0.25, -0.2) is 9.69 Å². The minimum atomic E-state index is -0.603. The summed E-state index contributed by atoms with van der Waals surface area (Å²) >= 11 is 0. The highest BCUT2D eigenvalue weighted by Gasteiger charge is 2.52. The summed E-state index contributed by atoms with van der Waals surface area (Å²) in [6.07, 6.45) is 3.51. The predicted octanol–water partition coefficient (Wildman–Crippen LogP) is 1.92. The first-order valence-electron chi connectivity index (χ1n) is 8.52. The molecule has 4 aliphatic rings. The molecule has 1 atom stereocenters. The smallest absolute Gasteiger partial charge is 0.421 e. The van der Waals surface area contributed by atoms with Gasteiger partial charge in [0.2, 0.25) is 0 Å². The van der Waals surface area contributed by atoms with Crippen LogP contribution in [0.4, 0.5) is 10.5 Å². The number of anilines is 1. The lowest BCUT2D eigenvalue weighted by molar-refractivity contribution is -0.0860. The summed E-state index contributed by atoms with van der Waals surface area (Å²) < 4.78 is 16.6. The van der Waals surface area contributed by atoms with Gasteiger partial charge in [0.05, 0.1) is 19.9 Å². The number of carbonyl (C=O) groups excluding carboxylic acids is 1. The minimum Gasteiger partial charge on any atom is -0.497 e. The zero-order chi connectivity index (χ0) is 17.6. The average molecular weight is 345 g/mol. The molecule has 1 spiro atoms. The Morgan fingerprint density at radius 1 is 1.24 bits per heavy atom. The number of benzene rings is 1. The topological polar surface area (TPSA) is 77.3 Å². The summed E-state index contributed by atoms with van der Waals surface area (Å²) in [5.74, 6) is 1.85. The van der Waals surface area contributed by atoms with E-state index in [0.29, 0.717) is 28.9 Å². The van der Waals surface area contributed by atoms with Crippen molar-refractivity contribution in [1.29, 1.82) is 0 Å². The lowest BCUT2D eigenvalue weighted by Crippen LogP contribution is -2.63. The van der Waals surface area contributed by atoms with Crippen LogP contribution in [0.25, 0.3) is 0 Å². The highest BCUT2D eigenvalue weighted by Crippen LogP contribution is 2.44. The maximum Gasteiger partial charge on any atom is 0.421 e. The van der Waals surface area contributed by atoms with Crippen LogP contribution in [0.1, 0.15) is 12.8 Å². The number of methoxy groups -OCH3 is 2. The monoisotopic (exact) mass is 345 g/mol. The number of hydrogen-bond donors (Lipinski definition) is 1. The summed E-state index contributed by atoms with van der Waals surface area (Å²) in [6, 6.07) is 5.22. The third-order valence-corrected chi connectivity index (χ3v) is 5.49. The predicted molar refractivity (Wildman–Crippen MR) is 92.7 cm³/mol. The minimum absolute atomic E-state index is 0.333. The van der Waals surface area contributed by atoms with E-state index >= 15 is 0 Å². The van der Waals surface area contributed by atoms with Crippen molar-refractivity contribution in [1.82, 2.24) is 4.90 Å². The number of amides is 1. The Morgan fingerprint density at radius 3 is 2.56 bits per heavy atom. The summed E-state index contributed by atoms with van der Waals surface area (Å²) in [7, 11) is 3.12. The lowest BCUT2D eigenvalue weighted by Gasteiger charge is -2.53. The van der Waals surface area contributed by atoms with Gasteiger partial charge >= 0.3 is 6.09 Å². The molecule has 1 unspecified atom stereocenters. The SMILES string of the molecule is COc1ccc(N2C(=O)OC3(C=C2N)CN2CCC3CC2)c(OC)c1. The Kier molecular flexibility index (Phi) is 3.76. The van der Waals surface area contributed by atoms with Crippen molar-refractivity contribution in [3.05, 3.63) is 30.1 Å². The average Bonchev–Trinajstić information content (AvgIpc) is 2.62. The molecule has 3 fully saturated rings. The molecule has 7 nitrogen and oxygen atoms in total. The Bertz CT molecular complexity index is 727. The van der Waals surface area contributed by atoms with Crippen molar-refractivity contribution in [2.75, 3.05) is 38.8 Å². The van der Waals surface area contributed by atoms with Crippen LogP contribution in [0.5, 0.6) is 11.5 Å². The number of carbonyl (C=O) groups is 1. The molecular formula is C18H23N3O4. The second-order valence-electron chi connectivity index (χ2n) is 6.82. The highest BCUT2D eigenvalue weighted by molar-refractivity contribution is 5.94. The number of nitrogens with zero attached hydrogens (tertiary/aromatic N) is 2. The normalized spacial score (nSPS) is 30.9. The van der Waals surface area contributed by atoms with Crippen molar-refractivity contribution in [2.24, 2.45) is 11.7 Å². The molecule has 7 heteroatoms. The van der Waals surface area contributed by atoms with Crippen LogP contribution in [0, 0.1) is 5.92 Å². The van der Waals surface area contributed by atoms with E-state index in [2.05, 4.69) is 4.90 Å². The van der Waals surface area contributed by atoms with Gasteiger partial charge in [-0.05, 0) is 38.1 Å². The van der Waals surface area contributed by atoms with Gasteiger partial charge in [0.25, 0.3) is 0 Å². The van der Waals surface area contributed by atoms with Gasteiger partial charge in [-0.2, -0.15) is 0 Å². The number of rotatable bonds is 3. The fraction of sp³-hybridized carbons (Fsp3) is 0.500. The zero-order valence-electron chi connectivity index (χ0n) is 14.5. The van der Waals surface area contributed by atoms with Gasteiger partial charge in [-0.1, -0.05) is 0 Å². The quantitative estimate of drug-likeness (QED) is 0.902. The second-order valence-corrected chi connectivity index (χ2v) is 6.82. The first-order chi connectivity index (χ1) is 12.1. The first-order valence-corrected chi connectivity index (χ1v) is 8.52. The Hall–Kier alpha value is -2.41. The van der Waals surface area contributed by atoms with Gasteiger partial charge in [0.1, 0.15) is 17.3 Å². The highest BCUT2D eigenvalue weighted by atomic mass is 16.6. The molecule has 3 saturated heterocycles. The first kappa shape index (κ1) is 16.1. The fourth-order valence-corrected chi connectivity index (χ4v) is 4.20. The van der Waals surface area contributed by atoms with Crippen LogP contribution in [0.15, 0.2) is 30.1 Å². The van der Waals surface area contributed by atoms with Crippen molar-refractivity contribution in [3.8, 4) is 11.5 Å². The summed E-state index contributed by atoms with van der Waals surface area (Å²) in [6.45, 7) is 2.85. The molecule has 1 aromatic carbocycles. The van der Waals surface area contributed by atoms with Gasteiger partial charge in [-0.3, -0.25) is 4.90 Å². The molecule has 134 valence electrons. The molecule has 2 N–H and O–H groups in total. The Labute approximate surface area is 146 Å². The maximum absolute atomic E-state index is 12.9.